The highest BCUT2D eigenvalue weighted by Crippen LogP contribution is 2.15. The maximum Gasteiger partial charge on any atom is 0.335 e. The summed E-state index contributed by atoms with van der Waals surface area (Å²) >= 11 is 5.89. The van der Waals surface area contributed by atoms with Gasteiger partial charge in [0.1, 0.15) is 0 Å². The molecule has 0 aromatic heterocycles. The SMILES string of the molecule is CN1C(=O)C(=O)N(CN2CCN(Cc3ccc(Cl)cc3)CC2)C1=O. The van der Waals surface area contributed by atoms with Crippen LogP contribution in [0.25, 0.3) is 0 Å². The van der Waals surface area contributed by atoms with Gasteiger partial charge in [0.15, 0.2) is 0 Å². The van der Waals surface area contributed by atoms with Crippen LogP contribution in [0, 0.1) is 0 Å². The fraction of sp³-hybridized carbons (Fsp3) is 0.438. The minimum absolute atomic E-state index is 0.169. The molecule has 0 aliphatic carbocycles. The Kier molecular flexibility index (Phi) is 4.84. The van der Waals surface area contributed by atoms with E-state index in [0.717, 1.165) is 47.5 Å². The number of rotatable bonds is 4. The van der Waals surface area contributed by atoms with E-state index in [9.17, 15) is 14.4 Å². The van der Waals surface area contributed by atoms with Crippen molar-refractivity contribution in [1.29, 1.82) is 0 Å². The molecule has 8 heteroatoms. The van der Waals surface area contributed by atoms with Crippen molar-refractivity contribution in [3.63, 3.8) is 0 Å². The summed E-state index contributed by atoms with van der Waals surface area (Å²) in [6.45, 7) is 4.16. The van der Waals surface area contributed by atoms with Gasteiger partial charge >= 0.3 is 17.8 Å². The zero-order valence-electron chi connectivity index (χ0n) is 13.4. The van der Waals surface area contributed by atoms with Gasteiger partial charge in [-0.15, -0.1) is 0 Å². The molecule has 24 heavy (non-hydrogen) atoms. The summed E-state index contributed by atoms with van der Waals surface area (Å²) in [5.41, 5.74) is 1.20. The number of hydrogen-bond acceptors (Lipinski definition) is 5. The Labute approximate surface area is 145 Å². The number of imide groups is 2. The first-order valence-electron chi connectivity index (χ1n) is 7.78. The molecular weight excluding hydrogens is 332 g/mol. The minimum atomic E-state index is -0.763. The third-order valence-electron chi connectivity index (χ3n) is 4.38. The normalized spacial score (nSPS) is 20.3. The Morgan fingerprint density at radius 3 is 2.04 bits per heavy atom. The molecular formula is C16H19ClN4O3. The number of urea groups is 1. The standard InChI is InChI=1S/C16H19ClN4O3/c1-18-14(22)15(23)21(16(18)24)11-20-8-6-19(7-9-20)10-12-2-4-13(17)5-3-12/h2-5H,6-11H2,1H3. The average Bonchev–Trinajstić information content (AvgIpc) is 2.76. The van der Waals surface area contributed by atoms with E-state index in [1.807, 2.05) is 29.2 Å². The second kappa shape index (κ2) is 6.88. The molecule has 2 saturated heterocycles. The second-order valence-electron chi connectivity index (χ2n) is 6.04. The molecule has 2 fully saturated rings. The van der Waals surface area contributed by atoms with Crippen molar-refractivity contribution >= 4 is 29.4 Å². The molecule has 0 atom stereocenters. The molecule has 0 unspecified atom stereocenters. The van der Waals surface area contributed by atoms with Gasteiger partial charge in [-0.3, -0.25) is 24.3 Å². The van der Waals surface area contributed by atoms with Crippen molar-refractivity contribution in [3.8, 4) is 0 Å². The van der Waals surface area contributed by atoms with Gasteiger partial charge in [-0.2, -0.15) is 0 Å². The van der Waals surface area contributed by atoms with Crippen molar-refractivity contribution < 1.29 is 14.4 Å². The Bertz CT molecular complexity index is 656. The summed E-state index contributed by atoms with van der Waals surface area (Å²) < 4.78 is 0. The van der Waals surface area contributed by atoms with E-state index in [-0.39, 0.29) is 6.67 Å². The third kappa shape index (κ3) is 3.43. The van der Waals surface area contributed by atoms with Gasteiger partial charge in [0.25, 0.3) is 0 Å². The molecule has 2 aliphatic heterocycles. The van der Waals surface area contributed by atoms with Gasteiger partial charge in [-0.1, -0.05) is 23.7 Å². The number of carbonyl (C=O) groups excluding carboxylic acids is 3. The molecule has 0 N–H and O–H groups in total. The van der Waals surface area contributed by atoms with Crippen LogP contribution < -0.4 is 0 Å². The van der Waals surface area contributed by atoms with E-state index >= 15 is 0 Å². The maximum absolute atomic E-state index is 11.9. The molecule has 128 valence electrons. The van der Waals surface area contributed by atoms with Crippen LogP contribution >= 0.6 is 11.6 Å². The van der Waals surface area contributed by atoms with Crippen LogP contribution in [0.15, 0.2) is 24.3 Å². The number of carbonyl (C=O) groups is 3. The third-order valence-corrected chi connectivity index (χ3v) is 4.63. The van der Waals surface area contributed by atoms with Crippen LogP contribution in [0.2, 0.25) is 5.02 Å². The lowest BCUT2D eigenvalue weighted by molar-refractivity contribution is -0.143. The summed E-state index contributed by atoms with van der Waals surface area (Å²) in [5, 5.41) is 0.725. The monoisotopic (exact) mass is 350 g/mol. The van der Waals surface area contributed by atoms with Crippen LogP contribution in [0.3, 0.4) is 0 Å². The van der Waals surface area contributed by atoms with Crippen molar-refractivity contribution in [1.82, 2.24) is 19.6 Å². The maximum atomic E-state index is 11.9. The van der Waals surface area contributed by atoms with Crippen LogP contribution in [0.5, 0.6) is 0 Å². The molecule has 0 spiro atoms. The van der Waals surface area contributed by atoms with Crippen molar-refractivity contribution in [2.24, 2.45) is 0 Å². The van der Waals surface area contributed by atoms with Gasteiger partial charge < -0.3 is 0 Å². The number of benzene rings is 1. The van der Waals surface area contributed by atoms with Crippen LogP contribution in [0.1, 0.15) is 5.56 Å². The Balaban J connectivity index is 1.50. The first kappa shape index (κ1) is 16.9. The number of halogens is 1. The largest absolute Gasteiger partial charge is 0.335 e. The zero-order valence-corrected chi connectivity index (χ0v) is 14.2. The lowest BCUT2D eigenvalue weighted by atomic mass is 10.2. The smallest absolute Gasteiger partial charge is 0.297 e. The fourth-order valence-electron chi connectivity index (χ4n) is 2.88. The molecule has 4 amide bonds. The van der Waals surface area contributed by atoms with Gasteiger partial charge in [0.05, 0.1) is 6.67 Å². The number of nitrogens with zero attached hydrogens (tertiary/aromatic N) is 4. The quantitative estimate of drug-likeness (QED) is 0.594. The molecule has 1 aromatic carbocycles. The number of piperazine rings is 1. The van der Waals surface area contributed by atoms with E-state index in [1.165, 1.54) is 12.6 Å². The molecule has 2 aliphatic rings. The second-order valence-corrected chi connectivity index (χ2v) is 6.48. The summed E-state index contributed by atoms with van der Waals surface area (Å²) in [6.07, 6.45) is 0. The summed E-state index contributed by atoms with van der Waals surface area (Å²) in [7, 11) is 1.33. The van der Waals surface area contributed by atoms with Crippen molar-refractivity contribution in [2.75, 3.05) is 39.9 Å². The van der Waals surface area contributed by atoms with Crippen molar-refractivity contribution in [3.05, 3.63) is 34.9 Å². The van der Waals surface area contributed by atoms with Gasteiger partial charge in [-0.05, 0) is 17.7 Å². The first-order chi connectivity index (χ1) is 11.5. The summed E-state index contributed by atoms with van der Waals surface area (Å²) in [6, 6.07) is 7.24. The molecule has 0 bridgehead atoms. The van der Waals surface area contributed by atoms with E-state index in [2.05, 4.69) is 4.90 Å². The summed E-state index contributed by atoms with van der Waals surface area (Å²) in [4.78, 5) is 41.4. The highest BCUT2D eigenvalue weighted by molar-refractivity contribution is 6.44. The number of likely N-dealkylation sites (N-methyl/N-ethyl adjacent to an activating group) is 1. The van der Waals surface area contributed by atoms with E-state index in [4.69, 9.17) is 11.6 Å². The van der Waals surface area contributed by atoms with Crippen molar-refractivity contribution in [2.45, 2.75) is 6.54 Å². The average molecular weight is 351 g/mol. The zero-order chi connectivity index (χ0) is 17.3. The predicted octanol–water partition coefficient (Wildman–Crippen LogP) is 0.836. The van der Waals surface area contributed by atoms with Gasteiger partial charge in [0.2, 0.25) is 0 Å². The molecule has 3 rings (SSSR count). The van der Waals surface area contributed by atoms with E-state index in [1.54, 1.807) is 0 Å². The summed E-state index contributed by atoms with van der Waals surface area (Å²) in [5.74, 6) is -1.51. The van der Waals surface area contributed by atoms with E-state index in [0.29, 0.717) is 0 Å². The lowest BCUT2D eigenvalue weighted by Crippen LogP contribution is -2.51. The lowest BCUT2D eigenvalue weighted by Gasteiger charge is -2.35. The molecule has 0 radical (unpaired) electrons. The Morgan fingerprint density at radius 2 is 1.50 bits per heavy atom. The topological polar surface area (TPSA) is 64.2 Å². The minimum Gasteiger partial charge on any atom is -0.297 e. The highest BCUT2D eigenvalue weighted by atomic mass is 35.5. The molecule has 7 nitrogen and oxygen atoms in total. The van der Waals surface area contributed by atoms with Gasteiger partial charge in [-0.25, -0.2) is 9.69 Å². The predicted molar refractivity (Wildman–Crippen MR) is 88.2 cm³/mol. The molecule has 1 aromatic rings. The highest BCUT2D eigenvalue weighted by Gasteiger charge is 2.42. The van der Waals surface area contributed by atoms with E-state index < -0.39 is 17.8 Å². The Morgan fingerprint density at radius 1 is 0.917 bits per heavy atom. The molecule has 2 heterocycles. The van der Waals surface area contributed by atoms with Crippen LogP contribution in [-0.2, 0) is 16.1 Å². The van der Waals surface area contributed by atoms with Crippen LogP contribution in [-0.4, -0.2) is 77.3 Å². The Hall–Kier alpha value is -1.96. The molecule has 0 saturated carbocycles. The fourth-order valence-corrected chi connectivity index (χ4v) is 3.00. The number of amides is 4. The van der Waals surface area contributed by atoms with Gasteiger partial charge in [0, 0.05) is 44.8 Å². The number of hydrogen-bond donors (Lipinski definition) is 0. The van der Waals surface area contributed by atoms with Crippen LogP contribution in [0.4, 0.5) is 4.79 Å². The first-order valence-corrected chi connectivity index (χ1v) is 8.16.